The molecule has 0 bridgehead atoms. The van der Waals surface area contributed by atoms with Crippen LogP contribution in [0.25, 0.3) is 20.4 Å². The molecule has 0 aliphatic heterocycles. The Morgan fingerprint density at radius 3 is 2.35 bits per heavy atom. The Bertz CT molecular complexity index is 1250. The summed E-state index contributed by atoms with van der Waals surface area (Å²) in [5.41, 5.74) is 2.35. The third-order valence-corrected chi connectivity index (χ3v) is 8.04. The van der Waals surface area contributed by atoms with Crippen molar-refractivity contribution >= 4 is 71.4 Å². The van der Waals surface area contributed by atoms with Crippen molar-refractivity contribution < 1.29 is 4.57 Å². The normalized spacial score (nSPS) is 12.5. The molecule has 0 atom stereocenters. The van der Waals surface area contributed by atoms with E-state index in [1.807, 2.05) is 12.1 Å². The predicted octanol–water partition coefficient (Wildman–Crippen LogP) is 8.12. The van der Waals surface area contributed by atoms with Crippen LogP contribution in [0.4, 0.5) is 5.13 Å². The Hall–Kier alpha value is -1.40. The lowest BCUT2D eigenvalue weighted by Gasteiger charge is -2.03. The molecule has 4 aromatic rings. The molecule has 4 rings (SSSR count). The van der Waals surface area contributed by atoms with Crippen LogP contribution < -0.4 is 9.37 Å². The molecule has 2 aromatic heterocycles. The van der Waals surface area contributed by atoms with Crippen molar-refractivity contribution in [2.75, 3.05) is 0 Å². The smallest absolute Gasteiger partial charge is 0.295 e. The fourth-order valence-electron chi connectivity index (χ4n) is 3.81. The molecule has 0 N–H and O–H groups in total. The highest BCUT2D eigenvalue weighted by molar-refractivity contribution is 7.21. The van der Waals surface area contributed by atoms with E-state index in [4.69, 9.17) is 28.2 Å². The summed E-state index contributed by atoms with van der Waals surface area (Å²) in [6.45, 7) is 6.39. The van der Waals surface area contributed by atoms with Gasteiger partial charge in [-0.1, -0.05) is 67.6 Å². The van der Waals surface area contributed by atoms with E-state index < -0.39 is 0 Å². The molecule has 7 heteroatoms. The van der Waals surface area contributed by atoms with E-state index in [9.17, 15) is 0 Å². The number of nitrogens with zero attached hydrogens (tertiary/aromatic N) is 3. The minimum atomic E-state index is 0.771. The molecule has 0 unspecified atom stereocenters. The van der Waals surface area contributed by atoms with Crippen LogP contribution in [0.3, 0.4) is 0 Å². The largest absolute Gasteiger partial charge is 0.386 e. The topological polar surface area (TPSA) is 21.2 Å². The average Bonchev–Trinajstić information content (AvgIpc) is 3.26. The van der Waals surface area contributed by atoms with Gasteiger partial charge in [0.05, 0.1) is 21.5 Å². The van der Waals surface area contributed by atoms with Gasteiger partial charge >= 0.3 is 9.93 Å². The van der Waals surface area contributed by atoms with E-state index in [0.717, 1.165) is 45.9 Å². The van der Waals surface area contributed by atoms with E-state index in [0.29, 0.717) is 0 Å². The van der Waals surface area contributed by atoms with Crippen molar-refractivity contribution in [3.8, 4) is 0 Å². The molecule has 0 aliphatic carbocycles. The summed E-state index contributed by atoms with van der Waals surface area (Å²) in [7, 11) is 0. The lowest BCUT2D eigenvalue weighted by molar-refractivity contribution is -0.655. The lowest BCUT2D eigenvalue weighted by Crippen LogP contribution is -2.33. The number of thiazole rings is 2. The first-order chi connectivity index (χ1) is 15.1. The van der Waals surface area contributed by atoms with Crippen LogP contribution in [0.5, 0.6) is 0 Å². The highest BCUT2D eigenvalue weighted by atomic mass is 35.5. The fourth-order valence-corrected chi connectivity index (χ4v) is 6.28. The van der Waals surface area contributed by atoms with Crippen LogP contribution in [-0.4, -0.2) is 4.57 Å². The van der Waals surface area contributed by atoms with Crippen LogP contribution in [0.15, 0.2) is 41.4 Å². The number of aromatic nitrogens is 2. The number of benzene rings is 2. The molecule has 2 aromatic carbocycles. The Labute approximate surface area is 201 Å². The Morgan fingerprint density at radius 1 is 0.871 bits per heavy atom. The molecule has 2 heterocycles. The Kier molecular flexibility index (Phi) is 7.70. The highest BCUT2D eigenvalue weighted by Crippen LogP contribution is 2.29. The first-order valence-corrected chi connectivity index (χ1v) is 13.4. The van der Waals surface area contributed by atoms with Crippen molar-refractivity contribution in [1.82, 2.24) is 4.57 Å². The first kappa shape index (κ1) is 22.8. The van der Waals surface area contributed by atoms with Gasteiger partial charge in [-0.05, 0) is 60.9 Å². The fraction of sp³-hybridized carbons (Fsp3) is 0.417. The number of aryl methyl sites for hydroxylation is 2. The average molecular weight is 494 g/mol. The first-order valence-electron chi connectivity index (χ1n) is 11.1. The summed E-state index contributed by atoms with van der Waals surface area (Å²) in [4.78, 5) is 6.25. The molecular weight excluding hydrogens is 465 g/mol. The maximum Gasteiger partial charge on any atom is 0.386 e. The number of unbranched alkanes of at least 4 members (excludes halogenated alkanes) is 4. The minimum Gasteiger partial charge on any atom is -0.295 e. The lowest BCUT2D eigenvalue weighted by atomic mass is 10.2. The van der Waals surface area contributed by atoms with Gasteiger partial charge in [-0.15, -0.1) is 0 Å². The van der Waals surface area contributed by atoms with Crippen molar-refractivity contribution in [2.45, 2.75) is 65.5 Å². The van der Waals surface area contributed by atoms with E-state index in [2.05, 4.69) is 47.2 Å². The summed E-state index contributed by atoms with van der Waals surface area (Å²) in [5, 5.41) is 2.58. The molecular formula is C24H28Cl2N3S2+. The summed E-state index contributed by atoms with van der Waals surface area (Å²) < 4.78 is 7.13. The number of hydrogen-bond acceptors (Lipinski definition) is 3. The van der Waals surface area contributed by atoms with Gasteiger partial charge < -0.3 is 0 Å². The van der Waals surface area contributed by atoms with Gasteiger partial charge in [-0.2, -0.15) is 0 Å². The number of halogens is 2. The van der Waals surface area contributed by atoms with Gasteiger partial charge in [0.25, 0.3) is 0 Å². The van der Waals surface area contributed by atoms with Gasteiger partial charge in [0, 0.05) is 27.6 Å². The maximum absolute atomic E-state index is 6.33. The second-order valence-electron chi connectivity index (χ2n) is 7.82. The molecule has 3 nitrogen and oxygen atoms in total. The number of fused-ring (bicyclic) bond motifs is 2. The van der Waals surface area contributed by atoms with E-state index in [-0.39, 0.29) is 0 Å². The molecule has 0 aliphatic rings. The standard InChI is InChI=1S/C24H28Cl2N3S2/c1-3-5-7-13-28-19-15-17(25)9-11-21(19)30-23(28)27-24-29(14-8-6-4-2)20-16-18(26)10-12-22(20)31-24/h9-12,15-16H,3-8,13-14H2,1-2H3/q+1. The number of hydrogen-bond donors (Lipinski definition) is 0. The van der Waals surface area contributed by atoms with Gasteiger partial charge in [-0.3, -0.25) is 4.57 Å². The summed E-state index contributed by atoms with van der Waals surface area (Å²) in [6, 6.07) is 12.3. The molecule has 31 heavy (non-hydrogen) atoms. The van der Waals surface area contributed by atoms with Gasteiger partial charge in [0.2, 0.25) is 0 Å². The van der Waals surface area contributed by atoms with Crippen molar-refractivity contribution in [1.29, 1.82) is 0 Å². The third kappa shape index (κ3) is 5.16. The summed E-state index contributed by atoms with van der Waals surface area (Å²) >= 11 is 16.1. The monoisotopic (exact) mass is 492 g/mol. The number of rotatable bonds is 9. The minimum absolute atomic E-state index is 0.771. The Balaban J connectivity index is 1.87. The van der Waals surface area contributed by atoms with E-state index >= 15 is 0 Å². The van der Waals surface area contributed by atoms with Crippen LogP contribution in [0.1, 0.15) is 52.4 Å². The summed E-state index contributed by atoms with van der Waals surface area (Å²) in [5.74, 6) is 0. The third-order valence-electron chi connectivity index (χ3n) is 5.45. The Morgan fingerprint density at radius 2 is 1.58 bits per heavy atom. The second kappa shape index (κ2) is 10.5. The van der Waals surface area contributed by atoms with Gasteiger partial charge in [0.15, 0.2) is 0 Å². The highest BCUT2D eigenvalue weighted by Gasteiger charge is 2.20. The molecule has 0 radical (unpaired) electrons. The SMILES string of the molecule is CCCCCn1/c(=N/c2sc3ccc(Cl)cc3[n+]2CCCCC)sc2ccc(Cl)cc21. The van der Waals surface area contributed by atoms with Crippen LogP contribution >= 0.6 is 45.9 Å². The van der Waals surface area contributed by atoms with Crippen molar-refractivity contribution in [2.24, 2.45) is 4.99 Å². The van der Waals surface area contributed by atoms with Gasteiger partial charge in [0.1, 0.15) is 5.52 Å². The zero-order valence-corrected chi connectivity index (χ0v) is 21.2. The van der Waals surface area contributed by atoms with Gasteiger partial charge in [-0.25, -0.2) is 4.57 Å². The van der Waals surface area contributed by atoms with E-state index in [1.165, 1.54) is 46.1 Å². The second-order valence-corrected chi connectivity index (χ2v) is 10.7. The molecule has 164 valence electrons. The van der Waals surface area contributed by atoms with Crippen LogP contribution in [0.2, 0.25) is 10.0 Å². The molecule has 0 saturated heterocycles. The van der Waals surface area contributed by atoms with Crippen LogP contribution in [0, 0.1) is 0 Å². The molecule has 0 spiro atoms. The van der Waals surface area contributed by atoms with Crippen molar-refractivity contribution in [3.05, 3.63) is 51.2 Å². The van der Waals surface area contributed by atoms with Crippen molar-refractivity contribution in [3.63, 3.8) is 0 Å². The van der Waals surface area contributed by atoms with Crippen LogP contribution in [-0.2, 0) is 13.1 Å². The van der Waals surface area contributed by atoms with E-state index in [1.54, 1.807) is 22.7 Å². The molecule has 0 amide bonds. The zero-order valence-electron chi connectivity index (χ0n) is 18.0. The maximum atomic E-state index is 6.33. The molecule has 0 saturated carbocycles. The summed E-state index contributed by atoms with van der Waals surface area (Å²) in [6.07, 6.45) is 7.10. The molecule has 0 fully saturated rings. The zero-order chi connectivity index (χ0) is 21.8. The predicted molar refractivity (Wildman–Crippen MR) is 136 cm³/mol. The quantitative estimate of drug-likeness (QED) is 0.166.